The second-order valence-electron chi connectivity index (χ2n) is 5.16. The molecule has 0 saturated heterocycles. The number of ether oxygens (including phenoxy) is 2. The second-order valence-corrected chi connectivity index (χ2v) is 6.87. The van der Waals surface area contributed by atoms with Crippen molar-refractivity contribution in [1.82, 2.24) is 4.72 Å². The summed E-state index contributed by atoms with van der Waals surface area (Å²) in [6.45, 7) is 4.91. The minimum Gasteiger partial charge on any atom is -0.456 e. The molecule has 1 aliphatic heterocycles. The van der Waals surface area contributed by atoms with E-state index in [1.54, 1.807) is 25.1 Å². The first-order valence-corrected chi connectivity index (χ1v) is 8.36. The van der Waals surface area contributed by atoms with Gasteiger partial charge in [0, 0.05) is 6.92 Å². The molecule has 2 rings (SSSR count). The van der Waals surface area contributed by atoms with Crippen molar-refractivity contribution in [2.24, 2.45) is 0 Å². The number of esters is 1. The van der Waals surface area contributed by atoms with E-state index < -0.39 is 34.4 Å². The molecule has 7 heteroatoms. The van der Waals surface area contributed by atoms with Crippen LogP contribution in [0.2, 0.25) is 0 Å². The van der Waals surface area contributed by atoms with Gasteiger partial charge in [-0.25, -0.2) is 8.42 Å². The van der Waals surface area contributed by atoms with Crippen LogP contribution in [0.25, 0.3) is 0 Å². The van der Waals surface area contributed by atoms with Gasteiger partial charge in [0.25, 0.3) is 0 Å². The van der Waals surface area contributed by atoms with Gasteiger partial charge in [-0.2, -0.15) is 4.72 Å². The number of hydrogen-bond donors (Lipinski definition) is 1. The van der Waals surface area contributed by atoms with Crippen LogP contribution in [-0.4, -0.2) is 32.8 Å². The van der Waals surface area contributed by atoms with Gasteiger partial charge in [0.05, 0.1) is 11.0 Å². The molecule has 0 saturated carbocycles. The number of hydrogen-bond acceptors (Lipinski definition) is 5. The molecule has 0 spiro atoms. The van der Waals surface area contributed by atoms with Crippen LogP contribution in [0.15, 0.2) is 41.3 Å². The first kappa shape index (κ1) is 16.7. The molecule has 0 unspecified atom stereocenters. The molecular formula is C15H19NO5S. The van der Waals surface area contributed by atoms with Crippen LogP contribution in [-0.2, 0) is 24.3 Å². The highest BCUT2D eigenvalue weighted by Gasteiger charge is 2.28. The van der Waals surface area contributed by atoms with Crippen molar-refractivity contribution in [3.8, 4) is 0 Å². The predicted molar refractivity (Wildman–Crippen MR) is 80.5 cm³/mol. The van der Waals surface area contributed by atoms with E-state index in [0.29, 0.717) is 0 Å². The van der Waals surface area contributed by atoms with Gasteiger partial charge in [-0.3, -0.25) is 4.79 Å². The summed E-state index contributed by atoms with van der Waals surface area (Å²) in [6, 6.07) is 6.53. The third-order valence-electron chi connectivity index (χ3n) is 3.20. The predicted octanol–water partition coefficient (Wildman–Crippen LogP) is 1.51. The summed E-state index contributed by atoms with van der Waals surface area (Å²) in [5.74, 6) is -0.413. The molecule has 120 valence electrons. The highest BCUT2D eigenvalue weighted by molar-refractivity contribution is 7.89. The fourth-order valence-electron chi connectivity index (χ4n) is 2.05. The van der Waals surface area contributed by atoms with Crippen LogP contribution in [0.5, 0.6) is 0 Å². The number of nitrogens with one attached hydrogen (secondary N) is 1. The molecule has 1 aliphatic rings. The van der Waals surface area contributed by atoms with E-state index in [9.17, 15) is 13.2 Å². The maximum atomic E-state index is 12.3. The Bertz CT molecular complexity index is 666. The van der Waals surface area contributed by atoms with Crippen molar-refractivity contribution < 1.29 is 22.7 Å². The summed E-state index contributed by atoms with van der Waals surface area (Å²) < 4.78 is 37.6. The summed E-state index contributed by atoms with van der Waals surface area (Å²) in [5.41, 5.74) is 0.977. The largest absolute Gasteiger partial charge is 0.456 e. The maximum absolute atomic E-state index is 12.3. The van der Waals surface area contributed by atoms with Crippen LogP contribution in [0.3, 0.4) is 0 Å². The minimum absolute atomic E-state index is 0.171. The molecule has 22 heavy (non-hydrogen) atoms. The normalized spacial score (nSPS) is 25.0. The highest BCUT2D eigenvalue weighted by Crippen LogP contribution is 2.17. The Morgan fingerprint density at radius 2 is 1.86 bits per heavy atom. The lowest BCUT2D eigenvalue weighted by Crippen LogP contribution is -2.44. The van der Waals surface area contributed by atoms with Crippen molar-refractivity contribution in [3.63, 3.8) is 0 Å². The molecule has 0 fully saturated rings. The first-order valence-electron chi connectivity index (χ1n) is 6.88. The third kappa shape index (κ3) is 4.16. The number of carbonyl (C=O) groups excluding carboxylic acids is 1. The highest BCUT2D eigenvalue weighted by atomic mass is 32.2. The van der Waals surface area contributed by atoms with E-state index in [4.69, 9.17) is 9.47 Å². The van der Waals surface area contributed by atoms with Crippen LogP contribution in [0.4, 0.5) is 0 Å². The van der Waals surface area contributed by atoms with E-state index in [0.717, 1.165) is 5.56 Å². The van der Waals surface area contributed by atoms with E-state index in [1.165, 1.54) is 25.1 Å². The van der Waals surface area contributed by atoms with Gasteiger partial charge in [-0.15, -0.1) is 0 Å². The molecule has 1 heterocycles. The number of benzene rings is 1. The van der Waals surface area contributed by atoms with Crippen molar-refractivity contribution in [2.45, 2.75) is 44.1 Å². The standard InChI is InChI=1S/C15H19NO5S/c1-10-4-6-13(7-5-10)22(18,19)16-15-9-8-14(11(2)20-15)21-12(3)17/h4-9,11,14-16H,1-3H3/t11-,14+,15-/m0/s1. The van der Waals surface area contributed by atoms with Crippen molar-refractivity contribution in [3.05, 3.63) is 42.0 Å². The molecule has 0 radical (unpaired) electrons. The topological polar surface area (TPSA) is 81.7 Å². The Balaban J connectivity index is 2.08. The number of rotatable bonds is 4. The first-order chi connectivity index (χ1) is 10.3. The SMILES string of the molecule is CC(=O)O[C@@H]1C=C[C@@H](NS(=O)(=O)c2ccc(C)cc2)O[C@H]1C. The fourth-order valence-corrected chi connectivity index (χ4v) is 3.12. The summed E-state index contributed by atoms with van der Waals surface area (Å²) in [5, 5.41) is 0. The fraction of sp³-hybridized carbons (Fsp3) is 0.400. The second kappa shape index (κ2) is 6.60. The van der Waals surface area contributed by atoms with E-state index in [1.807, 2.05) is 6.92 Å². The Labute approximate surface area is 130 Å². The summed E-state index contributed by atoms with van der Waals surface area (Å²) in [4.78, 5) is 11.1. The number of carbonyl (C=O) groups is 1. The zero-order valence-corrected chi connectivity index (χ0v) is 13.5. The van der Waals surface area contributed by atoms with Gasteiger partial charge in [0.2, 0.25) is 10.0 Å². The summed E-state index contributed by atoms with van der Waals surface area (Å²) in [7, 11) is -3.67. The van der Waals surface area contributed by atoms with Crippen LogP contribution >= 0.6 is 0 Å². The number of sulfonamides is 1. The molecule has 1 N–H and O–H groups in total. The van der Waals surface area contributed by atoms with Crippen molar-refractivity contribution in [1.29, 1.82) is 0 Å². The quantitative estimate of drug-likeness (QED) is 0.670. The zero-order chi connectivity index (χ0) is 16.3. The summed E-state index contributed by atoms with van der Waals surface area (Å²) in [6.07, 6.45) is 1.39. The molecular weight excluding hydrogens is 306 g/mol. The van der Waals surface area contributed by atoms with Crippen LogP contribution in [0, 0.1) is 6.92 Å². The van der Waals surface area contributed by atoms with Gasteiger partial charge < -0.3 is 9.47 Å². The third-order valence-corrected chi connectivity index (χ3v) is 4.64. The van der Waals surface area contributed by atoms with E-state index in [-0.39, 0.29) is 4.90 Å². The van der Waals surface area contributed by atoms with Crippen molar-refractivity contribution in [2.75, 3.05) is 0 Å². The monoisotopic (exact) mass is 325 g/mol. The molecule has 1 aromatic rings. The maximum Gasteiger partial charge on any atom is 0.303 e. The lowest BCUT2D eigenvalue weighted by Gasteiger charge is -2.29. The van der Waals surface area contributed by atoms with Crippen LogP contribution in [0.1, 0.15) is 19.4 Å². The van der Waals surface area contributed by atoms with Gasteiger partial charge in [0.1, 0.15) is 12.3 Å². The minimum atomic E-state index is -3.67. The van der Waals surface area contributed by atoms with Crippen molar-refractivity contribution >= 4 is 16.0 Å². The Morgan fingerprint density at radius 1 is 1.23 bits per heavy atom. The lowest BCUT2D eigenvalue weighted by molar-refractivity contribution is -0.153. The van der Waals surface area contributed by atoms with E-state index in [2.05, 4.69) is 4.72 Å². The molecule has 6 nitrogen and oxygen atoms in total. The molecule has 0 aliphatic carbocycles. The number of aryl methyl sites for hydroxylation is 1. The van der Waals surface area contributed by atoms with Gasteiger partial charge in [-0.05, 0) is 38.1 Å². The Kier molecular flexibility index (Phi) is 5.00. The molecule has 0 amide bonds. The molecule has 0 bridgehead atoms. The zero-order valence-electron chi connectivity index (χ0n) is 12.6. The Morgan fingerprint density at radius 3 is 2.41 bits per heavy atom. The van der Waals surface area contributed by atoms with Crippen LogP contribution < -0.4 is 4.72 Å². The molecule has 1 aromatic carbocycles. The van der Waals surface area contributed by atoms with E-state index >= 15 is 0 Å². The Hall–Kier alpha value is -1.70. The lowest BCUT2D eigenvalue weighted by atomic mass is 10.1. The van der Waals surface area contributed by atoms with Gasteiger partial charge in [0.15, 0.2) is 0 Å². The average Bonchev–Trinajstić information content (AvgIpc) is 2.41. The summed E-state index contributed by atoms with van der Waals surface area (Å²) >= 11 is 0. The van der Waals surface area contributed by atoms with Gasteiger partial charge in [-0.1, -0.05) is 17.7 Å². The van der Waals surface area contributed by atoms with Gasteiger partial charge >= 0.3 is 5.97 Å². The smallest absolute Gasteiger partial charge is 0.303 e. The molecule has 3 atom stereocenters. The molecule has 0 aromatic heterocycles. The average molecular weight is 325 g/mol.